The molecular formula is C14H13N5O3. The highest BCUT2D eigenvalue weighted by Crippen LogP contribution is 2.12. The lowest BCUT2D eigenvalue weighted by atomic mass is 10.2. The van der Waals surface area contributed by atoms with Crippen molar-refractivity contribution in [2.75, 3.05) is 5.32 Å². The Bertz CT molecular complexity index is 725. The molecule has 0 spiro atoms. The number of amides is 4. The Hall–Kier alpha value is -3.16. The first-order valence-electron chi connectivity index (χ1n) is 6.63. The average Bonchev–Trinajstić information content (AvgIpc) is 3.07. The van der Waals surface area contributed by atoms with Gasteiger partial charge in [-0.3, -0.25) is 14.9 Å². The van der Waals surface area contributed by atoms with E-state index in [9.17, 15) is 14.4 Å². The Kier molecular flexibility index (Phi) is 3.57. The van der Waals surface area contributed by atoms with Crippen LogP contribution in [0.15, 0.2) is 42.7 Å². The van der Waals surface area contributed by atoms with Gasteiger partial charge in [-0.05, 0) is 12.1 Å². The van der Waals surface area contributed by atoms with Crippen LogP contribution in [-0.2, 0) is 9.59 Å². The van der Waals surface area contributed by atoms with Crippen LogP contribution in [0, 0.1) is 0 Å². The van der Waals surface area contributed by atoms with Crippen molar-refractivity contribution in [3.63, 3.8) is 0 Å². The normalized spacial score (nSPS) is 17.0. The van der Waals surface area contributed by atoms with E-state index in [4.69, 9.17) is 0 Å². The van der Waals surface area contributed by atoms with Crippen LogP contribution in [0.25, 0.3) is 5.69 Å². The van der Waals surface area contributed by atoms with E-state index < -0.39 is 18.0 Å². The molecule has 22 heavy (non-hydrogen) atoms. The topological polar surface area (TPSA) is 105 Å². The summed E-state index contributed by atoms with van der Waals surface area (Å²) in [5.74, 6) is -0.880. The third kappa shape index (κ3) is 2.95. The minimum absolute atomic E-state index is 0.131. The molecule has 1 aromatic heterocycles. The van der Waals surface area contributed by atoms with E-state index in [1.165, 1.54) is 6.20 Å². The number of nitrogens with zero attached hydrogens (tertiary/aromatic N) is 2. The Labute approximate surface area is 125 Å². The van der Waals surface area contributed by atoms with E-state index in [1.54, 1.807) is 10.9 Å². The van der Waals surface area contributed by atoms with Crippen LogP contribution in [0.2, 0.25) is 0 Å². The fourth-order valence-electron chi connectivity index (χ4n) is 2.11. The second-order valence-corrected chi connectivity index (χ2v) is 4.78. The zero-order valence-electron chi connectivity index (χ0n) is 11.4. The summed E-state index contributed by atoms with van der Waals surface area (Å²) in [6.45, 7) is 0. The maximum atomic E-state index is 11.9. The lowest BCUT2D eigenvalue weighted by Gasteiger charge is -2.06. The van der Waals surface area contributed by atoms with Crippen LogP contribution in [0.4, 0.5) is 10.5 Å². The first-order chi connectivity index (χ1) is 10.6. The van der Waals surface area contributed by atoms with Gasteiger partial charge >= 0.3 is 6.03 Å². The molecule has 3 rings (SSSR count). The van der Waals surface area contributed by atoms with Crippen molar-refractivity contribution in [3.8, 4) is 5.69 Å². The number of hydrogen-bond acceptors (Lipinski definition) is 4. The maximum Gasteiger partial charge on any atom is 0.322 e. The first-order valence-corrected chi connectivity index (χ1v) is 6.63. The Morgan fingerprint density at radius 1 is 1.27 bits per heavy atom. The largest absolute Gasteiger partial charge is 0.325 e. The molecule has 3 N–H and O–H groups in total. The summed E-state index contributed by atoms with van der Waals surface area (Å²) in [7, 11) is 0. The average molecular weight is 299 g/mol. The summed E-state index contributed by atoms with van der Waals surface area (Å²) in [5, 5.41) is 11.2. The number of carbonyl (C=O) groups is 3. The molecule has 0 bridgehead atoms. The molecule has 8 nitrogen and oxygen atoms in total. The summed E-state index contributed by atoms with van der Waals surface area (Å²) >= 11 is 0. The maximum absolute atomic E-state index is 11.9. The molecule has 0 radical (unpaired) electrons. The Morgan fingerprint density at radius 2 is 2.05 bits per heavy atom. The number of urea groups is 1. The van der Waals surface area contributed by atoms with Gasteiger partial charge in [0.15, 0.2) is 0 Å². The van der Waals surface area contributed by atoms with E-state index in [0.717, 1.165) is 5.69 Å². The number of nitrogens with one attached hydrogen (secondary N) is 3. The van der Waals surface area contributed by atoms with Crippen molar-refractivity contribution in [2.45, 2.75) is 12.5 Å². The fourth-order valence-corrected chi connectivity index (χ4v) is 2.11. The number of para-hydroxylation sites is 1. The molecule has 0 saturated carbocycles. The number of carbonyl (C=O) groups excluding carboxylic acids is 3. The van der Waals surface area contributed by atoms with Crippen LogP contribution < -0.4 is 16.0 Å². The third-order valence-electron chi connectivity index (χ3n) is 3.14. The van der Waals surface area contributed by atoms with Gasteiger partial charge in [0.1, 0.15) is 6.04 Å². The van der Waals surface area contributed by atoms with Gasteiger partial charge in [0.05, 0.1) is 30.2 Å². The highest BCUT2D eigenvalue weighted by Gasteiger charge is 2.31. The highest BCUT2D eigenvalue weighted by molar-refractivity contribution is 6.06. The number of rotatable bonds is 4. The lowest BCUT2D eigenvalue weighted by molar-refractivity contribution is -0.124. The van der Waals surface area contributed by atoms with Crippen LogP contribution in [0.3, 0.4) is 0 Å². The molecule has 1 aliphatic heterocycles. The summed E-state index contributed by atoms with van der Waals surface area (Å²) in [6, 6.07) is 8.02. The molecular weight excluding hydrogens is 286 g/mol. The van der Waals surface area contributed by atoms with Crippen molar-refractivity contribution in [1.82, 2.24) is 20.4 Å². The van der Waals surface area contributed by atoms with Gasteiger partial charge in [-0.15, -0.1) is 0 Å². The summed E-state index contributed by atoms with van der Waals surface area (Å²) in [4.78, 5) is 34.2. The standard InChI is InChI=1S/C14H13N5O3/c20-12(6-11-13(21)18-14(22)17-11)16-9-7-15-19(8-9)10-4-2-1-3-5-10/h1-5,7-8,11H,6H2,(H,16,20)(H2,17,18,21,22)/t11-/m0/s1. The van der Waals surface area contributed by atoms with Gasteiger partial charge in [0.25, 0.3) is 5.91 Å². The molecule has 4 amide bonds. The summed E-state index contributed by atoms with van der Waals surface area (Å²) in [5.41, 5.74) is 1.38. The molecule has 1 aliphatic rings. The zero-order valence-corrected chi connectivity index (χ0v) is 11.4. The van der Waals surface area contributed by atoms with Crippen LogP contribution in [0.5, 0.6) is 0 Å². The molecule has 8 heteroatoms. The fraction of sp³-hybridized carbons (Fsp3) is 0.143. The van der Waals surface area contributed by atoms with Gasteiger partial charge < -0.3 is 10.6 Å². The minimum atomic E-state index is -0.836. The smallest absolute Gasteiger partial charge is 0.322 e. The van der Waals surface area contributed by atoms with E-state index >= 15 is 0 Å². The van der Waals surface area contributed by atoms with Gasteiger partial charge in [-0.1, -0.05) is 18.2 Å². The number of anilines is 1. The summed E-state index contributed by atoms with van der Waals surface area (Å²) < 4.78 is 1.62. The molecule has 1 saturated heterocycles. The monoisotopic (exact) mass is 299 g/mol. The van der Waals surface area contributed by atoms with E-state index in [-0.39, 0.29) is 12.3 Å². The number of benzene rings is 1. The molecule has 0 aliphatic carbocycles. The third-order valence-corrected chi connectivity index (χ3v) is 3.14. The molecule has 1 atom stereocenters. The van der Waals surface area contributed by atoms with Gasteiger partial charge in [-0.25, -0.2) is 9.48 Å². The van der Waals surface area contributed by atoms with Gasteiger partial charge in [0.2, 0.25) is 5.91 Å². The molecule has 1 fully saturated rings. The van der Waals surface area contributed by atoms with Gasteiger partial charge in [0, 0.05) is 0 Å². The van der Waals surface area contributed by atoms with Crippen molar-refractivity contribution >= 4 is 23.5 Å². The summed E-state index contributed by atoms with van der Waals surface area (Å²) in [6.07, 6.45) is 3.05. The number of aromatic nitrogens is 2. The minimum Gasteiger partial charge on any atom is -0.325 e. The number of imide groups is 1. The Morgan fingerprint density at radius 3 is 2.73 bits per heavy atom. The van der Waals surface area contributed by atoms with Crippen molar-refractivity contribution in [3.05, 3.63) is 42.7 Å². The first kappa shape index (κ1) is 13.8. The van der Waals surface area contributed by atoms with E-state index in [1.807, 2.05) is 30.3 Å². The van der Waals surface area contributed by atoms with Crippen molar-refractivity contribution in [2.24, 2.45) is 0 Å². The number of hydrogen-bond donors (Lipinski definition) is 3. The Balaban J connectivity index is 1.62. The lowest BCUT2D eigenvalue weighted by Crippen LogP contribution is -2.33. The van der Waals surface area contributed by atoms with Crippen LogP contribution in [-0.4, -0.2) is 33.7 Å². The predicted molar refractivity (Wildman–Crippen MR) is 77.3 cm³/mol. The second kappa shape index (κ2) is 5.68. The van der Waals surface area contributed by atoms with Crippen molar-refractivity contribution < 1.29 is 14.4 Å². The van der Waals surface area contributed by atoms with Crippen LogP contribution in [0.1, 0.15) is 6.42 Å². The molecule has 112 valence electrons. The van der Waals surface area contributed by atoms with Gasteiger partial charge in [-0.2, -0.15) is 5.10 Å². The molecule has 1 aromatic carbocycles. The van der Waals surface area contributed by atoms with E-state index in [2.05, 4.69) is 21.0 Å². The van der Waals surface area contributed by atoms with Crippen LogP contribution >= 0.6 is 0 Å². The van der Waals surface area contributed by atoms with E-state index in [0.29, 0.717) is 5.69 Å². The quantitative estimate of drug-likeness (QED) is 0.711. The molecule has 0 unspecified atom stereocenters. The second-order valence-electron chi connectivity index (χ2n) is 4.78. The van der Waals surface area contributed by atoms with Crippen molar-refractivity contribution in [1.29, 1.82) is 0 Å². The SMILES string of the molecule is O=C(C[C@@H]1NC(=O)NC1=O)Nc1cnn(-c2ccccc2)c1. The zero-order chi connectivity index (χ0) is 15.5. The molecule has 2 aromatic rings. The highest BCUT2D eigenvalue weighted by atomic mass is 16.2. The molecule has 2 heterocycles. The predicted octanol–water partition coefficient (Wildman–Crippen LogP) is 0.409.